The van der Waals surface area contributed by atoms with Crippen LogP contribution in [-0.2, 0) is 22.7 Å². The van der Waals surface area contributed by atoms with E-state index in [1.54, 1.807) is 0 Å². The molecule has 0 amide bonds. The molecule has 1 heterocycles. The average Bonchev–Trinajstić information content (AvgIpc) is 3.98. The lowest BCUT2D eigenvalue weighted by atomic mass is 9.60. The van der Waals surface area contributed by atoms with Gasteiger partial charge in [0.1, 0.15) is 7.85 Å². The van der Waals surface area contributed by atoms with Crippen molar-refractivity contribution in [3.63, 3.8) is 0 Å². The molecule has 0 radical (unpaired) electrons. The maximum atomic E-state index is 7.32. The molecule has 0 saturated carbocycles. The zero-order valence-corrected chi connectivity index (χ0v) is 42.8. The van der Waals surface area contributed by atoms with Gasteiger partial charge in [-0.2, -0.15) is 0 Å². The fourth-order valence-electron chi connectivity index (χ4n) is 13.0. The number of fused-ring (bicyclic) bond motifs is 9. The van der Waals surface area contributed by atoms with E-state index < -0.39 is 5.41 Å². The van der Waals surface area contributed by atoms with E-state index in [4.69, 9.17) is 18.4 Å². The van der Waals surface area contributed by atoms with E-state index in [0.717, 1.165) is 63.4 Å². The minimum atomic E-state index is -0.864. The minimum Gasteiger partial charge on any atom is -0.398 e. The molecule has 8 aromatic carbocycles. The molecule has 4 aliphatic rings. The smallest absolute Gasteiger partial charge is 0.142 e. The van der Waals surface area contributed by atoms with E-state index in [-0.39, 0.29) is 10.8 Å². The Balaban J connectivity index is 1.33. The normalized spacial score (nSPS) is 17.1. The van der Waals surface area contributed by atoms with Crippen molar-refractivity contribution in [3.8, 4) is 33.4 Å². The van der Waals surface area contributed by atoms with Gasteiger partial charge in [0.25, 0.3) is 0 Å². The standard InChI is InChI=1S/C67H59BN2S/c1-41-36-56-57(66(5,6)35-34-65(56,3)4)39-50(41)61-42(2)70(59-33-32-47(71)38-51(59)43-20-10-7-11-21-43)60-40-52-48-27-17-16-22-44(48)37-53(52)62(64(60)68)49-28-18-30-55(63(49)61)67(45-23-12-8-13-24-45,46-25-14-9-15-26-46)54-29-19-31-58(54)69/h7-18,20-33,36,38-40,71H,34-35,37,68-69H2,1-6H3/b61-42-. The molecule has 3 aliphatic carbocycles. The summed E-state index contributed by atoms with van der Waals surface area (Å²) in [5.74, 6) is 0. The van der Waals surface area contributed by atoms with Crippen LogP contribution in [0.2, 0.25) is 0 Å². The predicted octanol–water partition coefficient (Wildman–Crippen LogP) is 15.0. The maximum Gasteiger partial charge on any atom is 0.142 e. The summed E-state index contributed by atoms with van der Waals surface area (Å²) >= 11 is 5.02. The van der Waals surface area contributed by atoms with Gasteiger partial charge < -0.3 is 10.6 Å². The molecule has 0 aromatic heterocycles. The summed E-state index contributed by atoms with van der Waals surface area (Å²) in [6.07, 6.45) is 7.21. The van der Waals surface area contributed by atoms with Gasteiger partial charge in [-0.05, 0) is 164 Å². The summed E-state index contributed by atoms with van der Waals surface area (Å²) in [5, 5.41) is 0. The largest absolute Gasteiger partial charge is 0.398 e. The Kier molecular flexibility index (Phi) is 10.6. The van der Waals surface area contributed by atoms with Gasteiger partial charge >= 0.3 is 0 Å². The molecule has 0 atom stereocenters. The number of allylic oxidation sites excluding steroid dienone is 3. The maximum absolute atomic E-state index is 7.32. The minimum absolute atomic E-state index is 0.0286. The number of anilines is 2. The van der Waals surface area contributed by atoms with Crippen molar-refractivity contribution in [1.29, 1.82) is 0 Å². The lowest BCUT2D eigenvalue weighted by Crippen LogP contribution is -2.35. The van der Waals surface area contributed by atoms with Crippen LogP contribution in [0, 0.1) is 6.92 Å². The highest BCUT2D eigenvalue weighted by Gasteiger charge is 2.46. The van der Waals surface area contributed by atoms with Crippen LogP contribution in [-0.4, -0.2) is 7.85 Å². The molecule has 2 bridgehead atoms. The fourth-order valence-corrected chi connectivity index (χ4v) is 13.2. The first-order chi connectivity index (χ1) is 34.3. The van der Waals surface area contributed by atoms with Gasteiger partial charge in [-0.25, -0.2) is 0 Å². The van der Waals surface area contributed by atoms with Crippen molar-refractivity contribution in [2.75, 3.05) is 4.90 Å². The SMILES string of the molecule is Bc1c2cc3c(c1-c1cccc(C(C4=C(N)C=C=C4)(c4ccccc4)c4ccccc4)c1/C(c1cc4c(cc1C)C(C)(C)CCC4(C)C)=C(/C)N2c1ccc(S)cc1-c1ccccc1)Cc1ccccc1-3. The molecule has 12 rings (SSSR count). The first kappa shape index (κ1) is 44.9. The third kappa shape index (κ3) is 6.87. The second-order valence-corrected chi connectivity index (χ2v) is 22.2. The van der Waals surface area contributed by atoms with E-state index in [1.807, 2.05) is 6.08 Å². The molecule has 4 heteroatoms. The van der Waals surface area contributed by atoms with Crippen LogP contribution in [0.4, 0.5) is 11.4 Å². The quantitative estimate of drug-likeness (QED) is 0.0722. The second-order valence-electron chi connectivity index (χ2n) is 21.6. The Morgan fingerprint density at radius 1 is 0.592 bits per heavy atom. The molecule has 0 unspecified atom stereocenters. The van der Waals surface area contributed by atoms with Gasteiger partial charge in [0, 0.05) is 44.8 Å². The molecule has 71 heavy (non-hydrogen) atoms. The first-order valence-corrected chi connectivity index (χ1v) is 25.7. The monoisotopic (exact) mass is 934 g/mol. The Morgan fingerprint density at radius 2 is 1.21 bits per heavy atom. The third-order valence-electron chi connectivity index (χ3n) is 16.6. The predicted molar refractivity (Wildman–Crippen MR) is 304 cm³/mol. The molecular formula is C67H59BN2S. The van der Waals surface area contributed by atoms with Crippen LogP contribution in [0.15, 0.2) is 210 Å². The van der Waals surface area contributed by atoms with Gasteiger partial charge in [0.2, 0.25) is 0 Å². The first-order valence-electron chi connectivity index (χ1n) is 25.3. The average molecular weight is 935 g/mol. The van der Waals surface area contributed by atoms with E-state index >= 15 is 0 Å². The van der Waals surface area contributed by atoms with Gasteiger partial charge in [-0.3, -0.25) is 0 Å². The van der Waals surface area contributed by atoms with Crippen molar-refractivity contribution >= 4 is 42.9 Å². The number of thiol groups is 1. The molecule has 1 aliphatic heterocycles. The van der Waals surface area contributed by atoms with Crippen molar-refractivity contribution in [2.45, 2.75) is 81.9 Å². The van der Waals surface area contributed by atoms with Crippen LogP contribution in [0.5, 0.6) is 0 Å². The van der Waals surface area contributed by atoms with E-state index in [9.17, 15) is 0 Å². The summed E-state index contributed by atoms with van der Waals surface area (Å²) in [7, 11) is 2.37. The van der Waals surface area contributed by atoms with Crippen LogP contribution < -0.4 is 16.1 Å². The highest BCUT2D eigenvalue weighted by Crippen LogP contribution is 2.57. The summed E-state index contributed by atoms with van der Waals surface area (Å²) in [6, 6.07) is 63.5. The van der Waals surface area contributed by atoms with Crippen molar-refractivity contribution in [2.24, 2.45) is 5.73 Å². The van der Waals surface area contributed by atoms with Gasteiger partial charge in [0.05, 0.1) is 11.1 Å². The zero-order valence-electron chi connectivity index (χ0n) is 41.9. The van der Waals surface area contributed by atoms with Gasteiger partial charge in [0.15, 0.2) is 0 Å². The molecule has 0 fully saturated rings. The summed E-state index contributed by atoms with van der Waals surface area (Å²) in [6.45, 7) is 14.5. The Hall–Kier alpha value is -7.23. The van der Waals surface area contributed by atoms with E-state index in [1.165, 1.54) is 83.5 Å². The lowest BCUT2D eigenvalue weighted by molar-refractivity contribution is 0.331. The second kappa shape index (κ2) is 16.7. The zero-order chi connectivity index (χ0) is 49.0. The molecular weight excluding hydrogens is 876 g/mol. The van der Waals surface area contributed by atoms with Gasteiger partial charge in [-0.15, -0.1) is 18.4 Å². The number of hydrogen-bond acceptors (Lipinski definition) is 3. The fraction of sp³-hybridized carbons (Fsp3) is 0.179. The number of nitrogens with two attached hydrogens (primary N) is 1. The molecule has 0 saturated heterocycles. The highest BCUT2D eigenvalue weighted by molar-refractivity contribution is 7.80. The van der Waals surface area contributed by atoms with Crippen LogP contribution in [0.25, 0.3) is 39.0 Å². The molecule has 2 nitrogen and oxygen atoms in total. The summed E-state index contributed by atoms with van der Waals surface area (Å²) < 4.78 is 0. The van der Waals surface area contributed by atoms with Crippen LogP contribution in [0.1, 0.15) is 103 Å². The Labute approximate surface area is 426 Å². The molecule has 0 spiro atoms. The molecule has 2 N–H and O–H groups in total. The number of hydrogen-bond donors (Lipinski definition) is 2. The van der Waals surface area contributed by atoms with Crippen molar-refractivity contribution in [3.05, 3.63) is 260 Å². The van der Waals surface area contributed by atoms with Crippen LogP contribution in [0.3, 0.4) is 0 Å². The van der Waals surface area contributed by atoms with E-state index in [2.05, 4.69) is 236 Å². The Morgan fingerprint density at radius 3 is 1.87 bits per heavy atom. The number of nitrogens with zero attached hydrogens (tertiary/aromatic N) is 1. The summed E-state index contributed by atoms with van der Waals surface area (Å²) in [4.78, 5) is 3.53. The van der Waals surface area contributed by atoms with Crippen molar-refractivity contribution < 1.29 is 0 Å². The van der Waals surface area contributed by atoms with Crippen LogP contribution >= 0.6 is 12.6 Å². The lowest BCUT2D eigenvalue weighted by Gasteiger charge is -2.44. The highest BCUT2D eigenvalue weighted by atomic mass is 32.1. The number of aryl methyl sites for hydroxylation is 1. The summed E-state index contributed by atoms with van der Waals surface area (Å²) in [5.41, 5.74) is 37.8. The molecule has 346 valence electrons. The van der Waals surface area contributed by atoms with Crippen molar-refractivity contribution in [1.82, 2.24) is 0 Å². The topological polar surface area (TPSA) is 29.3 Å². The molecule has 8 aromatic rings. The number of benzene rings is 8. The Bertz CT molecular complexity index is 3600. The third-order valence-corrected chi connectivity index (χ3v) is 16.9. The van der Waals surface area contributed by atoms with Gasteiger partial charge in [-0.1, -0.05) is 173 Å². The number of rotatable bonds is 7. The van der Waals surface area contributed by atoms with E-state index in [0.29, 0.717) is 5.70 Å².